The fourth-order valence-corrected chi connectivity index (χ4v) is 1.62. The van der Waals surface area contributed by atoms with Gasteiger partial charge in [0.1, 0.15) is 12.4 Å². The van der Waals surface area contributed by atoms with Crippen molar-refractivity contribution in [2.75, 3.05) is 18.5 Å². The van der Waals surface area contributed by atoms with Crippen LogP contribution in [0.15, 0.2) is 12.1 Å². The molecule has 0 radical (unpaired) electrons. The molecule has 4 nitrogen and oxygen atoms in total. The Kier molecular flexibility index (Phi) is 4.79. The minimum absolute atomic E-state index is 0.00511. The van der Waals surface area contributed by atoms with E-state index in [-0.39, 0.29) is 13.2 Å². The van der Waals surface area contributed by atoms with Gasteiger partial charge in [-0.3, -0.25) is 4.79 Å². The molecule has 0 saturated heterocycles. The molecule has 0 fully saturated rings. The maximum absolute atomic E-state index is 10.5. The van der Waals surface area contributed by atoms with E-state index in [1.165, 1.54) is 0 Å². The fourth-order valence-electron chi connectivity index (χ4n) is 1.62. The second kappa shape index (κ2) is 6.12. The lowest BCUT2D eigenvalue weighted by molar-refractivity contribution is -0.105. The average molecular weight is 223 g/mol. The molecule has 0 unspecified atom stereocenters. The monoisotopic (exact) mass is 223 g/mol. The van der Waals surface area contributed by atoms with Crippen LogP contribution in [0.25, 0.3) is 0 Å². The summed E-state index contributed by atoms with van der Waals surface area (Å²) in [6.45, 7) is 4.20. The number of hydrogen-bond acceptors (Lipinski definition) is 3. The van der Waals surface area contributed by atoms with Crippen LogP contribution < -0.4 is 10.1 Å². The number of ether oxygens (including phenoxy) is 1. The van der Waals surface area contributed by atoms with Crippen molar-refractivity contribution in [3.63, 3.8) is 0 Å². The standard InChI is InChI=1S/C12H17NO3/c1-3-10-7-11(16-5-4-14)6-9(2)12(10)13-8-15/h6-8,14H,3-5H2,1-2H3,(H,13,15). The first-order valence-electron chi connectivity index (χ1n) is 5.30. The van der Waals surface area contributed by atoms with Crippen molar-refractivity contribution in [2.24, 2.45) is 0 Å². The third-order valence-corrected chi connectivity index (χ3v) is 2.33. The molecule has 0 bridgehead atoms. The Balaban J connectivity index is 3.00. The lowest BCUT2D eigenvalue weighted by atomic mass is 10.1. The summed E-state index contributed by atoms with van der Waals surface area (Å²) in [5.74, 6) is 0.722. The van der Waals surface area contributed by atoms with Crippen molar-refractivity contribution in [3.8, 4) is 5.75 Å². The molecule has 0 spiro atoms. The first-order valence-corrected chi connectivity index (χ1v) is 5.30. The molecule has 0 aliphatic carbocycles. The van der Waals surface area contributed by atoms with E-state index in [0.717, 1.165) is 29.0 Å². The lowest BCUT2D eigenvalue weighted by Gasteiger charge is -2.13. The lowest BCUT2D eigenvalue weighted by Crippen LogP contribution is -2.05. The van der Waals surface area contributed by atoms with Gasteiger partial charge < -0.3 is 15.2 Å². The molecule has 0 aliphatic heterocycles. The second-order valence-corrected chi connectivity index (χ2v) is 3.46. The normalized spacial score (nSPS) is 9.94. The van der Waals surface area contributed by atoms with Crippen molar-refractivity contribution in [1.82, 2.24) is 0 Å². The highest BCUT2D eigenvalue weighted by Gasteiger charge is 2.07. The molecule has 0 heterocycles. The number of anilines is 1. The van der Waals surface area contributed by atoms with Gasteiger partial charge in [0.2, 0.25) is 6.41 Å². The van der Waals surface area contributed by atoms with Gasteiger partial charge in [-0.15, -0.1) is 0 Å². The highest BCUT2D eigenvalue weighted by molar-refractivity contribution is 5.76. The molecule has 2 N–H and O–H groups in total. The van der Waals surface area contributed by atoms with Crippen LogP contribution in [-0.2, 0) is 11.2 Å². The van der Waals surface area contributed by atoms with Gasteiger partial charge in [0.05, 0.1) is 6.61 Å². The number of aryl methyl sites for hydroxylation is 2. The summed E-state index contributed by atoms with van der Waals surface area (Å²) >= 11 is 0. The van der Waals surface area contributed by atoms with Crippen LogP contribution in [-0.4, -0.2) is 24.7 Å². The third kappa shape index (κ3) is 2.97. The van der Waals surface area contributed by atoms with Crippen molar-refractivity contribution in [3.05, 3.63) is 23.3 Å². The molecule has 0 atom stereocenters. The topological polar surface area (TPSA) is 58.6 Å². The van der Waals surface area contributed by atoms with Crippen LogP contribution in [0.1, 0.15) is 18.1 Å². The molecule has 16 heavy (non-hydrogen) atoms. The van der Waals surface area contributed by atoms with Crippen molar-refractivity contribution in [1.29, 1.82) is 0 Å². The number of rotatable bonds is 6. The molecule has 1 rings (SSSR count). The van der Waals surface area contributed by atoms with Gasteiger partial charge in [0.15, 0.2) is 0 Å². The van der Waals surface area contributed by atoms with Gasteiger partial charge in [-0.25, -0.2) is 0 Å². The Hall–Kier alpha value is -1.55. The first-order chi connectivity index (χ1) is 7.72. The summed E-state index contributed by atoms with van der Waals surface area (Å²) in [4.78, 5) is 10.5. The molecule has 0 saturated carbocycles. The molecule has 1 amide bonds. The largest absolute Gasteiger partial charge is 0.491 e. The number of hydrogen-bond donors (Lipinski definition) is 2. The van der Waals surface area contributed by atoms with Crippen LogP contribution in [0.4, 0.5) is 5.69 Å². The van der Waals surface area contributed by atoms with Crippen molar-refractivity contribution in [2.45, 2.75) is 20.3 Å². The van der Waals surface area contributed by atoms with Crippen LogP contribution in [0.2, 0.25) is 0 Å². The Morgan fingerprint density at radius 1 is 1.50 bits per heavy atom. The zero-order valence-corrected chi connectivity index (χ0v) is 9.62. The van der Waals surface area contributed by atoms with E-state index in [2.05, 4.69) is 5.32 Å². The van der Waals surface area contributed by atoms with Gasteiger partial charge in [-0.05, 0) is 36.6 Å². The number of benzene rings is 1. The van der Waals surface area contributed by atoms with E-state index in [1.807, 2.05) is 26.0 Å². The number of carbonyl (C=O) groups excluding carboxylic acids is 1. The average Bonchev–Trinajstić information content (AvgIpc) is 2.29. The number of amides is 1. The Morgan fingerprint density at radius 3 is 2.81 bits per heavy atom. The van der Waals surface area contributed by atoms with Crippen LogP contribution in [0.5, 0.6) is 5.75 Å². The number of carbonyl (C=O) groups is 1. The second-order valence-electron chi connectivity index (χ2n) is 3.46. The van der Waals surface area contributed by atoms with Crippen LogP contribution in [0.3, 0.4) is 0 Å². The first kappa shape index (κ1) is 12.5. The molecule has 88 valence electrons. The van der Waals surface area contributed by atoms with E-state index in [0.29, 0.717) is 6.41 Å². The van der Waals surface area contributed by atoms with Crippen molar-refractivity contribution >= 4 is 12.1 Å². The summed E-state index contributed by atoms with van der Waals surface area (Å²) < 4.78 is 5.35. The minimum Gasteiger partial charge on any atom is -0.491 e. The molecule has 0 aromatic heterocycles. The maximum atomic E-state index is 10.5. The van der Waals surface area contributed by atoms with Gasteiger partial charge in [-0.1, -0.05) is 6.92 Å². The third-order valence-electron chi connectivity index (χ3n) is 2.33. The smallest absolute Gasteiger partial charge is 0.211 e. The van der Waals surface area contributed by atoms with E-state index >= 15 is 0 Å². The Labute approximate surface area is 95.2 Å². The SMILES string of the molecule is CCc1cc(OCCO)cc(C)c1NC=O. The summed E-state index contributed by atoms with van der Waals surface area (Å²) in [6, 6.07) is 3.73. The number of nitrogens with one attached hydrogen (secondary N) is 1. The van der Waals surface area contributed by atoms with E-state index in [9.17, 15) is 4.79 Å². The highest BCUT2D eigenvalue weighted by atomic mass is 16.5. The molecule has 1 aromatic rings. The molecule has 4 heteroatoms. The predicted octanol–water partition coefficient (Wildman–Crippen LogP) is 1.50. The van der Waals surface area contributed by atoms with E-state index in [4.69, 9.17) is 9.84 Å². The molecular formula is C12H17NO3. The van der Waals surface area contributed by atoms with E-state index < -0.39 is 0 Å². The summed E-state index contributed by atoms with van der Waals surface area (Å²) in [7, 11) is 0. The molecular weight excluding hydrogens is 206 g/mol. The van der Waals surface area contributed by atoms with Crippen molar-refractivity contribution < 1.29 is 14.6 Å². The quantitative estimate of drug-likeness (QED) is 0.718. The molecule has 0 aliphatic rings. The fraction of sp³-hybridized carbons (Fsp3) is 0.417. The van der Waals surface area contributed by atoms with Crippen LogP contribution >= 0.6 is 0 Å². The number of aliphatic hydroxyl groups excluding tert-OH is 1. The van der Waals surface area contributed by atoms with Gasteiger partial charge in [0.25, 0.3) is 0 Å². The highest BCUT2D eigenvalue weighted by Crippen LogP contribution is 2.27. The van der Waals surface area contributed by atoms with Gasteiger partial charge in [0, 0.05) is 5.69 Å². The zero-order valence-electron chi connectivity index (χ0n) is 9.62. The Morgan fingerprint density at radius 2 is 2.25 bits per heavy atom. The Bertz CT molecular complexity index is 364. The maximum Gasteiger partial charge on any atom is 0.211 e. The van der Waals surface area contributed by atoms with Crippen LogP contribution in [0, 0.1) is 6.92 Å². The minimum atomic E-state index is -0.00511. The number of aliphatic hydroxyl groups is 1. The molecule has 1 aromatic carbocycles. The summed E-state index contributed by atoms with van der Waals surface area (Å²) in [6.07, 6.45) is 1.49. The van der Waals surface area contributed by atoms with Gasteiger partial charge in [-0.2, -0.15) is 0 Å². The predicted molar refractivity (Wildman–Crippen MR) is 62.8 cm³/mol. The summed E-state index contributed by atoms with van der Waals surface area (Å²) in [5.41, 5.74) is 2.83. The summed E-state index contributed by atoms with van der Waals surface area (Å²) in [5, 5.41) is 11.4. The van der Waals surface area contributed by atoms with Gasteiger partial charge >= 0.3 is 0 Å². The van der Waals surface area contributed by atoms with E-state index in [1.54, 1.807) is 0 Å². The zero-order chi connectivity index (χ0) is 12.0.